The van der Waals surface area contributed by atoms with E-state index in [1.54, 1.807) is 6.92 Å². The molecule has 0 radical (unpaired) electrons. The Morgan fingerprint density at radius 1 is 1.69 bits per heavy atom. The normalized spacial score (nSPS) is 26.3. The lowest BCUT2D eigenvalue weighted by atomic mass is 9.95. The summed E-state index contributed by atoms with van der Waals surface area (Å²) >= 11 is 0. The Labute approximate surface area is 96.5 Å². The van der Waals surface area contributed by atoms with Crippen molar-refractivity contribution >= 4 is 5.91 Å². The Morgan fingerprint density at radius 2 is 2.38 bits per heavy atom. The molecule has 0 aromatic heterocycles. The van der Waals surface area contributed by atoms with E-state index in [1.807, 2.05) is 6.92 Å². The van der Waals surface area contributed by atoms with Crippen LogP contribution in [0.2, 0.25) is 0 Å². The Hall–Kier alpha value is -0.650. The van der Waals surface area contributed by atoms with E-state index in [-0.39, 0.29) is 6.10 Å². The average molecular weight is 230 g/mol. The molecule has 5 heteroatoms. The Kier molecular flexibility index (Phi) is 4.70. The van der Waals surface area contributed by atoms with Crippen molar-refractivity contribution in [2.45, 2.75) is 38.3 Å². The second kappa shape index (κ2) is 5.61. The minimum Gasteiger partial charge on any atom is -0.381 e. The second-order valence-electron chi connectivity index (χ2n) is 4.86. The molecule has 5 nitrogen and oxygen atoms in total. The molecule has 1 rings (SSSR count). The van der Waals surface area contributed by atoms with Crippen molar-refractivity contribution in [2.24, 2.45) is 17.4 Å². The van der Waals surface area contributed by atoms with Gasteiger partial charge in [-0.1, -0.05) is 0 Å². The molecule has 0 spiro atoms. The number of primary amides is 1. The molecule has 1 saturated heterocycles. The molecule has 0 bridgehead atoms. The van der Waals surface area contributed by atoms with E-state index in [0.29, 0.717) is 18.9 Å². The summed E-state index contributed by atoms with van der Waals surface area (Å²) in [6, 6.07) is 0. The molecule has 1 aliphatic rings. The third-order valence-electron chi connectivity index (χ3n) is 2.91. The largest absolute Gasteiger partial charge is 0.381 e. The van der Waals surface area contributed by atoms with Crippen molar-refractivity contribution in [1.29, 1.82) is 0 Å². The molecular weight excluding hydrogens is 208 g/mol. The van der Waals surface area contributed by atoms with Gasteiger partial charge in [0.25, 0.3) is 0 Å². The molecule has 1 heterocycles. The van der Waals surface area contributed by atoms with Gasteiger partial charge in [0.2, 0.25) is 5.91 Å². The number of ether oxygens (including phenoxy) is 2. The van der Waals surface area contributed by atoms with Gasteiger partial charge in [0.1, 0.15) is 0 Å². The predicted octanol–water partition coefficient (Wildman–Crippen LogP) is 0.0208. The van der Waals surface area contributed by atoms with E-state index in [1.165, 1.54) is 0 Å². The number of hydrogen-bond acceptors (Lipinski definition) is 4. The van der Waals surface area contributed by atoms with Crippen LogP contribution >= 0.6 is 0 Å². The summed E-state index contributed by atoms with van der Waals surface area (Å²) in [5.41, 5.74) is 9.97. The van der Waals surface area contributed by atoms with Gasteiger partial charge in [-0.15, -0.1) is 0 Å². The maximum absolute atomic E-state index is 11.0. The van der Waals surface area contributed by atoms with Gasteiger partial charge < -0.3 is 20.9 Å². The quantitative estimate of drug-likeness (QED) is 0.673. The Bertz CT molecular complexity index is 237. The first-order valence-electron chi connectivity index (χ1n) is 5.70. The molecule has 0 saturated carbocycles. The lowest BCUT2D eigenvalue weighted by Crippen LogP contribution is -2.51. The number of nitrogens with two attached hydrogens (primary N) is 2. The maximum atomic E-state index is 11.0. The van der Waals surface area contributed by atoms with Crippen LogP contribution in [-0.4, -0.2) is 37.4 Å². The topological polar surface area (TPSA) is 87.6 Å². The minimum absolute atomic E-state index is 0.0666. The molecule has 3 atom stereocenters. The van der Waals surface area contributed by atoms with Gasteiger partial charge >= 0.3 is 0 Å². The van der Waals surface area contributed by atoms with Crippen LogP contribution in [-0.2, 0) is 14.3 Å². The van der Waals surface area contributed by atoms with Crippen LogP contribution in [0, 0.1) is 5.92 Å². The van der Waals surface area contributed by atoms with Gasteiger partial charge in [-0.05, 0) is 26.7 Å². The molecule has 3 unspecified atom stereocenters. The highest BCUT2D eigenvalue weighted by molar-refractivity contribution is 5.83. The van der Waals surface area contributed by atoms with E-state index in [9.17, 15) is 4.79 Å². The first kappa shape index (κ1) is 13.4. The fourth-order valence-corrected chi connectivity index (χ4v) is 1.77. The van der Waals surface area contributed by atoms with E-state index in [2.05, 4.69) is 0 Å². The van der Waals surface area contributed by atoms with Crippen molar-refractivity contribution < 1.29 is 14.3 Å². The number of carbonyl (C=O) groups is 1. The summed E-state index contributed by atoms with van der Waals surface area (Å²) in [5.74, 6) is -0.0211. The average Bonchev–Trinajstić information content (AvgIpc) is 2.66. The van der Waals surface area contributed by atoms with Crippen molar-refractivity contribution in [3.05, 3.63) is 0 Å². The third-order valence-corrected chi connectivity index (χ3v) is 2.91. The molecule has 4 N–H and O–H groups in total. The zero-order chi connectivity index (χ0) is 12.2. The Balaban J connectivity index is 2.24. The summed E-state index contributed by atoms with van der Waals surface area (Å²) in [5, 5.41) is 0. The fourth-order valence-electron chi connectivity index (χ4n) is 1.77. The van der Waals surface area contributed by atoms with Gasteiger partial charge in [0, 0.05) is 12.5 Å². The first-order valence-corrected chi connectivity index (χ1v) is 5.70. The highest BCUT2D eigenvalue weighted by Crippen LogP contribution is 2.16. The van der Waals surface area contributed by atoms with Crippen molar-refractivity contribution in [1.82, 2.24) is 0 Å². The van der Waals surface area contributed by atoms with Gasteiger partial charge in [0.05, 0.1) is 24.9 Å². The molecule has 1 fully saturated rings. The molecule has 0 aromatic rings. The van der Waals surface area contributed by atoms with Crippen LogP contribution in [0.5, 0.6) is 0 Å². The van der Waals surface area contributed by atoms with Crippen LogP contribution in [0.25, 0.3) is 0 Å². The summed E-state index contributed by atoms with van der Waals surface area (Å²) in [6.45, 7) is 5.79. The van der Waals surface area contributed by atoms with E-state index in [4.69, 9.17) is 20.9 Å². The number of carbonyl (C=O) groups excluding carboxylic acids is 1. The maximum Gasteiger partial charge on any atom is 0.237 e. The second-order valence-corrected chi connectivity index (χ2v) is 4.86. The van der Waals surface area contributed by atoms with Gasteiger partial charge in [-0.2, -0.15) is 0 Å². The zero-order valence-electron chi connectivity index (χ0n) is 10.1. The van der Waals surface area contributed by atoms with Crippen LogP contribution < -0.4 is 11.5 Å². The smallest absolute Gasteiger partial charge is 0.237 e. The van der Waals surface area contributed by atoms with E-state index in [0.717, 1.165) is 19.6 Å². The molecule has 1 amide bonds. The van der Waals surface area contributed by atoms with E-state index >= 15 is 0 Å². The van der Waals surface area contributed by atoms with Crippen LogP contribution in [0.4, 0.5) is 0 Å². The van der Waals surface area contributed by atoms with Crippen LogP contribution in [0.15, 0.2) is 0 Å². The summed E-state index contributed by atoms with van der Waals surface area (Å²) in [6.07, 6.45) is 1.42. The summed E-state index contributed by atoms with van der Waals surface area (Å²) in [7, 11) is 0. The monoisotopic (exact) mass is 230 g/mol. The van der Waals surface area contributed by atoms with Crippen LogP contribution in [0.1, 0.15) is 26.7 Å². The van der Waals surface area contributed by atoms with Crippen molar-refractivity contribution in [2.75, 3.05) is 19.8 Å². The standard InChI is InChI=1S/C11H22N2O3/c1-8(5-11(2,13)10(12)14)16-7-9-3-4-15-6-9/h8-9H,3-7,13H2,1-2H3,(H2,12,14). The number of hydrogen-bond donors (Lipinski definition) is 2. The van der Waals surface area contributed by atoms with E-state index < -0.39 is 11.4 Å². The molecule has 1 aliphatic heterocycles. The van der Waals surface area contributed by atoms with Crippen LogP contribution in [0.3, 0.4) is 0 Å². The molecule has 16 heavy (non-hydrogen) atoms. The third kappa shape index (κ3) is 4.08. The Morgan fingerprint density at radius 3 is 2.88 bits per heavy atom. The van der Waals surface area contributed by atoms with Crippen molar-refractivity contribution in [3.63, 3.8) is 0 Å². The fraction of sp³-hybridized carbons (Fsp3) is 0.909. The molecular formula is C11H22N2O3. The highest BCUT2D eigenvalue weighted by Gasteiger charge is 2.28. The SMILES string of the molecule is CC(CC(C)(N)C(N)=O)OCC1CCOC1. The molecule has 0 aliphatic carbocycles. The lowest BCUT2D eigenvalue weighted by Gasteiger charge is -2.25. The zero-order valence-corrected chi connectivity index (χ0v) is 10.1. The minimum atomic E-state index is -0.994. The van der Waals surface area contributed by atoms with Gasteiger partial charge in [-0.3, -0.25) is 4.79 Å². The predicted molar refractivity (Wildman–Crippen MR) is 60.7 cm³/mol. The van der Waals surface area contributed by atoms with Gasteiger partial charge in [0.15, 0.2) is 0 Å². The lowest BCUT2D eigenvalue weighted by molar-refractivity contribution is -0.124. The number of amides is 1. The number of rotatable bonds is 6. The van der Waals surface area contributed by atoms with Crippen molar-refractivity contribution in [3.8, 4) is 0 Å². The molecule has 0 aromatic carbocycles. The first-order chi connectivity index (χ1) is 7.42. The molecule has 94 valence electrons. The highest BCUT2D eigenvalue weighted by atomic mass is 16.5. The summed E-state index contributed by atoms with van der Waals surface area (Å²) < 4.78 is 10.9. The summed E-state index contributed by atoms with van der Waals surface area (Å²) in [4.78, 5) is 11.0. The van der Waals surface area contributed by atoms with Gasteiger partial charge in [-0.25, -0.2) is 0 Å².